The Bertz CT molecular complexity index is 540. The van der Waals surface area contributed by atoms with Gasteiger partial charge in [-0.05, 0) is 13.8 Å². The van der Waals surface area contributed by atoms with Gasteiger partial charge in [-0.25, -0.2) is 9.78 Å². The van der Waals surface area contributed by atoms with Crippen molar-refractivity contribution in [2.24, 2.45) is 0 Å². The molecule has 2 rings (SSSR count). The Hall–Kier alpha value is -1.89. The molecule has 1 aliphatic heterocycles. The minimum atomic E-state index is -1.06. The molecule has 2 atom stereocenters. The van der Waals surface area contributed by atoms with E-state index >= 15 is 0 Å². The summed E-state index contributed by atoms with van der Waals surface area (Å²) in [4.78, 5) is 28.8. The van der Waals surface area contributed by atoms with Gasteiger partial charge in [-0.15, -0.1) is 0 Å². The van der Waals surface area contributed by atoms with E-state index in [9.17, 15) is 14.7 Å². The lowest BCUT2D eigenvalue weighted by atomic mass is 10.2. The molecule has 2 heterocycles. The number of aliphatic hydroxyl groups is 1. The molecule has 0 aromatic carbocycles. The van der Waals surface area contributed by atoms with E-state index in [1.54, 1.807) is 6.20 Å². The highest BCUT2D eigenvalue weighted by atomic mass is 16.4. The van der Waals surface area contributed by atoms with Crippen LogP contribution >= 0.6 is 0 Å². The van der Waals surface area contributed by atoms with E-state index in [4.69, 9.17) is 5.11 Å². The van der Waals surface area contributed by atoms with Crippen LogP contribution in [-0.2, 0) is 4.79 Å². The number of aromatic nitrogens is 2. The molecule has 1 aromatic rings. The van der Waals surface area contributed by atoms with E-state index in [0.717, 1.165) is 0 Å². The van der Waals surface area contributed by atoms with Gasteiger partial charge in [0.25, 0.3) is 5.56 Å². The van der Waals surface area contributed by atoms with Crippen molar-refractivity contribution in [2.45, 2.75) is 38.5 Å². The molecular weight excluding hydrogens is 250 g/mol. The van der Waals surface area contributed by atoms with Gasteiger partial charge >= 0.3 is 5.97 Å². The molecule has 0 saturated carbocycles. The summed E-state index contributed by atoms with van der Waals surface area (Å²) in [6.07, 6.45) is 2.39. The Labute approximate surface area is 110 Å². The second-order valence-electron chi connectivity index (χ2n) is 4.95. The van der Waals surface area contributed by atoms with E-state index in [-0.39, 0.29) is 30.4 Å². The number of anilines is 1. The minimum absolute atomic E-state index is 0.0370. The molecule has 0 radical (unpaired) electrons. The maximum atomic E-state index is 12.3. The lowest BCUT2D eigenvalue weighted by Crippen LogP contribution is -2.41. The van der Waals surface area contributed by atoms with E-state index in [1.807, 2.05) is 13.8 Å². The van der Waals surface area contributed by atoms with Crippen molar-refractivity contribution in [3.63, 3.8) is 0 Å². The Kier molecular flexibility index (Phi) is 3.57. The smallest absolute Gasteiger partial charge is 0.326 e. The number of hydrogen-bond acceptors (Lipinski definition) is 5. The lowest BCUT2D eigenvalue weighted by Gasteiger charge is -2.22. The second-order valence-corrected chi connectivity index (χ2v) is 4.95. The first-order valence-electron chi connectivity index (χ1n) is 6.16. The average molecular weight is 267 g/mol. The van der Waals surface area contributed by atoms with Crippen LogP contribution in [-0.4, -0.2) is 44.4 Å². The predicted octanol–water partition coefficient (Wildman–Crippen LogP) is -0.152. The van der Waals surface area contributed by atoms with Crippen LogP contribution in [0.4, 0.5) is 5.82 Å². The molecule has 104 valence electrons. The predicted molar refractivity (Wildman–Crippen MR) is 68.3 cm³/mol. The van der Waals surface area contributed by atoms with Crippen LogP contribution in [0.5, 0.6) is 0 Å². The minimum Gasteiger partial charge on any atom is -0.480 e. The Morgan fingerprint density at radius 2 is 2.21 bits per heavy atom. The molecule has 7 nitrogen and oxygen atoms in total. The van der Waals surface area contributed by atoms with Crippen LogP contribution in [0.2, 0.25) is 0 Å². The monoisotopic (exact) mass is 267 g/mol. The largest absolute Gasteiger partial charge is 0.480 e. The van der Waals surface area contributed by atoms with Gasteiger partial charge in [-0.1, -0.05) is 0 Å². The summed E-state index contributed by atoms with van der Waals surface area (Å²) in [6.45, 7) is 3.83. The summed E-state index contributed by atoms with van der Waals surface area (Å²) in [5.41, 5.74) is -0.335. The maximum absolute atomic E-state index is 12.3. The van der Waals surface area contributed by atoms with Gasteiger partial charge in [0.2, 0.25) is 0 Å². The summed E-state index contributed by atoms with van der Waals surface area (Å²) in [5.74, 6) is -0.974. The number of aliphatic carboxylic acids is 1. The molecule has 19 heavy (non-hydrogen) atoms. The third kappa shape index (κ3) is 2.46. The molecule has 1 saturated heterocycles. The highest BCUT2D eigenvalue weighted by Crippen LogP contribution is 2.22. The number of aliphatic hydroxyl groups excluding tert-OH is 1. The number of nitrogens with zero attached hydrogens (tertiary/aromatic N) is 3. The van der Waals surface area contributed by atoms with Crippen molar-refractivity contribution in [1.82, 2.24) is 9.55 Å². The van der Waals surface area contributed by atoms with Crippen molar-refractivity contribution < 1.29 is 15.0 Å². The fourth-order valence-corrected chi connectivity index (χ4v) is 2.30. The summed E-state index contributed by atoms with van der Waals surface area (Å²) >= 11 is 0. The zero-order valence-corrected chi connectivity index (χ0v) is 10.9. The van der Waals surface area contributed by atoms with Gasteiger partial charge in [0.15, 0.2) is 5.82 Å². The molecule has 1 aliphatic rings. The van der Waals surface area contributed by atoms with Crippen LogP contribution in [0.3, 0.4) is 0 Å². The van der Waals surface area contributed by atoms with E-state index in [2.05, 4.69) is 4.98 Å². The van der Waals surface area contributed by atoms with Gasteiger partial charge in [0.05, 0.1) is 6.10 Å². The molecule has 0 bridgehead atoms. The molecule has 2 unspecified atom stereocenters. The van der Waals surface area contributed by atoms with Crippen molar-refractivity contribution >= 4 is 11.8 Å². The zero-order chi connectivity index (χ0) is 14.2. The molecule has 1 aromatic heterocycles. The molecule has 2 N–H and O–H groups in total. The molecule has 0 aliphatic carbocycles. The first kappa shape index (κ1) is 13.5. The van der Waals surface area contributed by atoms with Crippen LogP contribution in [0.1, 0.15) is 26.3 Å². The second kappa shape index (κ2) is 5.00. The summed E-state index contributed by atoms with van der Waals surface area (Å²) in [7, 11) is 0. The number of carbonyl (C=O) groups is 1. The van der Waals surface area contributed by atoms with Crippen molar-refractivity contribution in [3.05, 3.63) is 22.7 Å². The number of hydrogen-bond donors (Lipinski definition) is 2. The third-order valence-electron chi connectivity index (χ3n) is 3.24. The van der Waals surface area contributed by atoms with Gasteiger partial charge in [-0.3, -0.25) is 4.79 Å². The fourth-order valence-electron chi connectivity index (χ4n) is 2.30. The SMILES string of the molecule is CC(C)n1ccnc(N2CC(O)CC2C(=O)O)c1=O. The lowest BCUT2D eigenvalue weighted by molar-refractivity contribution is -0.138. The van der Waals surface area contributed by atoms with Crippen LogP contribution in [0, 0.1) is 0 Å². The van der Waals surface area contributed by atoms with E-state index < -0.39 is 18.1 Å². The van der Waals surface area contributed by atoms with Crippen molar-refractivity contribution in [3.8, 4) is 0 Å². The normalized spacial score (nSPS) is 23.1. The maximum Gasteiger partial charge on any atom is 0.326 e. The first-order chi connectivity index (χ1) is 8.91. The Morgan fingerprint density at radius 1 is 1.53 bits per heavy atom. The van der Waals surface area contributed by atoms with Crippen LogP contribution < -0.4 is 10.5 Å². The zero-order valence-electron chi connectivity index (χ0n) is 10.9. The summed E-state index contributed by atoms with van der Waals surface area (Å²) in [6, 6.07) is -0.941. The van der Waals surface area contributed by atoms with E-state index in [0.29, 0.717) is 0 Å². The van der Waals surface area contributed by atoms with Gasteiger partial charge in [-0.2, -0.15) is 0 Å². The van der Waals surface area contributed by atoms with Gasteiger partial charge < -0.3 is 19.7 Å². The standard InChI is InChI=1S/C12H17N3O4/c1-7(2)14-4-3-13-10(11(14)17)15-6-8(16)5-9(15)12(18)19/h3-4,7-9,16H,5-6H2,1-2H3,(H,18,19). The number of β-amino-alcohol motifs (C(OH)–C–C–N with tert-alkyl or cyclic N) is 1. The topological polar surface area (TPSA) is 95.7 Å². The highest BCUT2D eigenvalue weighted by molar-refractivity contribution is 5.78. The van der Waals surface area contributed by atoms with Crippen LogP contribution in [0.25, 0.3) is 0 Å². The number of carboxylic acid groups (broad SMARTS) is 1. The third-order valence-corrected chi connectivity index (χ3v) is 3.24. The average Bonchev–Trinajstić information content (AvgIpc) is 2.71. The van der Waals surface area contributed by atoms with Crippen LogP contribution in [0.15, 0.2) is 17.2 Å². The highest BCUT2D eigenvalue weighted by Gasteiger charge is 2.38. The van der Waals surface area contributed by atoms with Crippen molar-refractivity contribution in [1.29, 1.82) is 0 Å². The molecule has 1 fully saturated rings. The fraction of sp³-hybridized carbons (Fsp3) is 0.583. The molecular formula is C12H17N3O4. The summed E-state index contributed by atoms with van der Waals surface area (Å²) < 4.78 is 1.49. The molecule has 0 amide bonds. The van der Waals surface area contributed by atoms with Gasteiger partial charge in [0, 0.05) is 31.4 Å². The Morgan fingerprint density at radius 3 is 2.79 bits per heavy atom. The number of rotatable bonds is 3. The first-order valence-corrected chi connectivity index (χ1v) is 6.16. The summed E-state index contributed by atoms with van der Waals surface area (Å²) in [5, 5.41) is 18.8. The van der Waals surface area contributed by atoms with E-state index in [1.165, 1.54) is 15.7 Å². The quantitative estimate of drug-likeness (QED) is 0.790. The number of carboxylic acids is 1. The van der Waals surface area contributed by atoms with Crippen molar-refractivity contribution in [2.75, 3.05) is 11.4 Å². The Balaban J connectivity index is 2.44. The van der Waals surface area contributed by atoms with Gasteiger partial charge in [0.1, 0.15) is 6.04 Å². The molecule has 7 heteroatoms. The molecule has 0 spiro atoms.